The van der Waals surface area contributed by atoms with Gasteiger partial charge in [-0.15, -0.1) is 0 Å². The highest BCUT2D eigenvalue weighted by molar-refractivity contribution is 5.71. The molecule has 394 valence electrons. The molecule has 0 aromatic heterocycles. The number of aliphatic carboxylic acids is 1. The Hall–Kier alpha value is -3.79. The molecule has 69 heavy (non-hydrogen) atoms. The van der Waals surface area contributed by atoms with Gasteiger partial charge in [-0.3, -0.25) is 9.59 Å². The van der Waals surface area contributed by atoms with Crippen LogP contribution in [0.15, 0.2) is 97.2 Å². The number of unbranched alkanes of at least 4 members (excludes halogenated alkanes) is 18. The zero-order valence-corrected chi connectivity index (χ0v) is 44.7. The van der Waals surface area contributed by atoms with E-state index in [0.29, 0.717) is 17.4 Å². The molecule has 0 radical (unpaired) electrons. The predicted octanol–water partition coefficient (Wildman–Crippen LogP) is 15.8. The summed E-state index contributed by atoms with van der Waals surface area (Å²) in [6.07, 6.45) is 64.7. The lowest BCUT2D eigenvalue weighted by Gasteiger charge is -2.25. The van der Waals surface area contributed by atoms with E-state index in [1.54, 1.807) is 0 Å². The number of carboxylic acids is 1. The molecule has 9 nitrogen and oxygen atoms in total. The first-order valence-corrected chi connectivity index (χ1v) is 27.4. The Labute approximate surface area is 422 Å². The minimum Gasteiger partial charge on any atom is -0.477 e. The number of esters is 2. The van der Waals surface area contributed by atoms with Crippen molar-refractivity contribution >= 4 is 17.9 Å². The Bertz CT molecular complexity index is 1450. The van der Waals surface area contributed by atoms with Crippen molar-refractivity contribution in [1.82, 2.24) is 0 Å². The van der Waals surface area contributed by atoms with Gasteiger partial charge in [-0.05, 0) is 96.3 Å². The third-order valence-electron chi connectivity index (χ3n) is 11.3. The van der Waals surface area contributed by atoms with E-state index in [2.05, 4.69) is 111 Å². The Balaban J connectivity index is 4.36. The Kier molecular flexibility index (Phi) is 47.8. The number of likely N-dealkylation sites (N-methyl/N-ethyl adjacent to an activating group) is 1. The normalized spacial score (nSPS) is 13.6. The summed E-state index contributed by atoms with van der Waals surface area (Å²) < 4.78 is 22.8. The number of hydrogen-bond donors (Lipinski definition) is 1. The molecular formula is C60H102NO8+. The van der Waals surface area contributed by atoms with Crippen molar-refractivity contribution in [3.8, 4) is 0 Å². The number of carbonyl (C=O) groups is 3. The van der Waals surface area contributed by atoms with Crippen molar-refractivity contribution in [2.24, 2.45) is 0 Å². The van der Waals surface area contributed by atoms with Gasteiger partial charge in [-0.25, -0.2) is 4.79 Å². The highest BCUT2D eigenvalue weighted by Crippen LogP contribution is 2.14. The summed E-state index contributed by atoms with van der Waals surface area (Å²) in [6, 6.07) is 0. The lowest BCUT2D eigenvalue weighted by Crippen LogP contribution is -2.40. The Morgan fingerprint density at radius 2 is 0.826 bits per heavy atom. The minimum absolute atomic E-state index is 0.179. The molecule has 2 unspecified atom stereocenters. The number of nitrogens with zero attached hydrogens (tertiary/aromatic N) is 1. The SMILES string of the molecule is CC/C=C\C/C=C\C/C=C\C/C=C\C/C=C\C/C=C\CCCCCCCCC(=O)OC(COC(=O)CCCCCCCCCCC/C=C\C/C=C\CCCCC)COC(OCC[N+](C)(C)C)C(=O)O. The number of quaternary nitrogens is 1. The molecule has 0 amide bonds. The fraction of sp³-hybridized carbons (Fsp3) is 0.683. The van der Waals surface area contributed by atoms with Gasteiger partial charge >= 0.3 is 17.9 Å². The number of carbonyl (C=O) groups excluding carboxylic acids is 2. The van der Waals surface area contributed by atoms with Gasteiger partial charge in [0.1, 0.15) is 13.2 Å². The summed E-state index contributed by atoms with van der Waals surface area (Å²) >= 11 is 0. The molecule has 0 aliphatic heterocycles. The van der Waals surface area contributed by atoms with Gasteiger partial charge in [-0.1, -0.05) is 195 Å². The van der Waals surface area contributed by atoms with Crippen molar-refractivity contribution in [1.29, 1.82) is 0 Å². The van der Waals surface area contributed by atoms with Gasteiger partial charge in [0.15, 0.2) is 6.10 Å². The van der Waals surface area contributed by atoms with E-state index in [4.69, 9.17) is 18.9 Å². The third kappa shape index (κ3) is 51.9. The molecule has 0 aromatic rings. The van der Waals surface area contributed by atoms with Crippen LogP contribution in [0, 0.1) is 0 Å². The monoisotopic (exact) mass is 965 g/mol. The zero-order chi connectivity index (χ0) is 50.6. The smallest absolute Gasteiger partial charge is 0.361 e. The fourth-order valence-electron chi connectivity index (χ4n) is 7.10. The largest absolute Gasteiger partial charge is 0.477 e. The number of allylic oxidation sites excluding steroid dienone is 16. The average molecular weight is 965 g/mol. The maximum absolute atomic E-state index is 12.9. The van der Waals surface area contributed by atoms with Gasteiger partial charge in [0.05, 0.1) is 34.4 Å². The molecule has 0 aromatic carbocycles. The van der Waals surface area contributed by atoms with Crippen molar-refractivity contribution in [3.63, 3.8) is 0 Å². The van der Waals surface area contributed by atoms with Crippen LogP contribution in [0.25, 0.3) is 0 Å². The van der Waals surface area contributed by atoms with Crippen LogP contribution < -0.4 is 0 Å². The highest BCUT2D eigenvalue weighted by Gasteiger charge is 2.25. The van der Waals surface area contributed by atoms with E-state index in [1.165, 1.54) is 70.6 Å². The van der Waals surface area contributed by atoms with Crippen molar-refractivity contribution in [3.05, 3.63) is 97.2 Å². The van der Waals surface area contributed by atoms with Crippen molar-refractivity contribution < 1.29 is 42.9 Å². The van der Waals surface area contributed by atoms with E-state index in [1.807, 2.05) is 21.1 Å². The summed E-state index contributed by atoms with van der Waals surface area (Å²) in [5.41, 5.74) is 0. The number of rotatable bonds is 49. The molecular weight excluding hydrogens is 863 g/mol. The molecule has 0 saturated carbocycles. The first-order chi connectivity index (χ1) is 33.6. The topological polar surface area (TPSA) is 108 Å². The average Bonchev–Trinajstić information content (AvgIpc) is 3.31. The quantitative estimate of drug-likeness (QED) is 0.0211. The summed E-state index contributed by atoms with van der Waals surface area (Å²) in [7, 11) is 5.95. The maximum Gasteiger partial charge on any atom is 0.361 e. The van der Waals surface area contributed by atoms with Gasteiger partial charge in [0, 0.05) is 12.8 Å². The molecule has 0 saturated heterocycles. The summed E-state index contributed by atoms with van der Waals surface area (Å²) in [5, 5.41) is 9.69. The van der Waals surface area contributed by atoms with E-state index >= 15 is 0 Å². The molecule has 0 bridgehead atoms. The van der Waals surface area contributed by atoms with Gasteiger partial charge in [-0.2, -0.15) is 0 Å². The fourth-order valence-corrected chi connectivity index (χ4v) is 7.10. The molecule has 9 heteroatoms. The van der Waals surface area contributed by atoms with E-state index < -0.39 is 24.3 Å². The zero-order valence-electron chi connectivity index (χ0n) is 44.7. The second-order valence-electron chi connectivity index (χ2n) is 19.2. The van der Waals surface area contributed by atoms with Crippen molar-refractivity contribution in [2.45, 2.75) is 219 Å². The number of ether oxygens (including phenoxy) is 4. The summed E-state index contributed by atoms with van der Waals surface area (Å²) in [4.78, 5) is 37.4. The summed E-state index contributed by atoms with van der Waals surface area (Å²) in [5.74, 6) is -2.04. The Morgan fingerprint density at radius 3 is 1.23 bits per heavy atom. The van der Waals surface area contributed by atoms with Gasteiger partial charge in [0.2, 0.25) is 0 Å². The van der Waals surface area contributed by atoms with E-state index in [0.717, 1.165) is 103 Å². The van der Waals surface area contributed by atoms with Crippen LogP contribution in [0.5, 0.6) is 0 Å². The second-order valence-corrected chi connectivity index (χ2v) is 19.2. The standard InChI is InChI=1S/C60H101NO8/c1-6-8-10-12-14-16-18-20-22-24-26-27-28-29-30-31-33-35-37-39-41-43-45-47-49-51-58(63)69-56(55-68-60(59(64)65)66-53-52-61(3,4)5)54-67-57(62)50-48-46-44-42-40-38-36-34-32-25-23-21-19-17-15-13-11-9-7-2/h8,10,14-17,20-23,26-27,29-30,33,35,56,60H,6-7,9,11-13,18-19,24-25,28,31-32,34,36-55H2,1-5H3/p+1/b10-8-,16-14-,17-15-,22-20-,23-21-,27-26-,30-29-,35-33-. The number of carboxylic acid groups (broad SMARTS) is 1. The molecule has 0 fully saturated rings. The molecule has 0 aliphatic rings. The van der Waals surface area contributed by atoms with Crippen molar-refractivity contribution in [2.75, 3.05) is 47.5 Å². The first kappa shape index (κ1) is 65.2. The second kappa shape index (κ2) is 50.6. The summed E-state index contributed by atoms with van der Waals surface area (Å²) in [6.45, 7) is 4.71. The lowest BCUT2D eigenvalue weighted by molar-refractivity contribution is -0.870. The Morgan fingerprint density at radius 1 is 0.449 bits per heavy atom. The molecule has 0 aliphatic carbocycles. The van der Waals surface area contributed by atoms with Crippen LogP contribution in [-0.2, 0) is 33.3 Å². The van der Waals surface area contributed by atoms with Gasteiger partial charge in [0.25, 0.3) is 6.29 Å². The third-order valence-corrected chi connectivity index (χ3v) is 11.3. The van der Waals surface area contributed by atoms with Crippen LogP contribution >= 0.6 is 0 Å². The minimum atomic E-state index is -1.52. The van der Waals surface area contributed by atoms with E-state index in [9.17, 15) is 19.5 Å². The molecule has 1 N–H and O–H groups in total. The molecule has 2 atom stereocenters. The highest BCUT2D eigenvalue weighted by atomic mass is 16.7. The number of hydrogen-bond acceptors (Lipinski definition) is 7. The molecule has 0 rings (SSSR count). The van der Waals surface area contributed by atoms with E-state index in [-0.39, 0.29) is 38.6 Å². The van der Waals surface area contributed by atoms with Crippen LogP contribution in [0.4, 0.5) is 0 Å². The molecule has 0 spiro atoms. The van der Waals surface area contributed by atoms with Crippen LogP contribution in [0.2, 0.25) is 0 Å². The molecule has 0 heterocycles. The van der Waals surface area contributed by atoms with Crippen LogP contribution in [0.3, 0.4) is 0 Å². The van der Waals surface area contributed by atoms with Gasteiger partial charge < -0.3 is 28.5 Å². The van der Waals surface area contributed by atoms with Crippen LogP contribution in [0.1, 0.15) is 206 Å². The maximum atomic E-state index is 12.9. The first-order valence-electron chi connectivity index (χ1n) is 27.4. The predicted molar refractivity (Wildman–Crippen MR) is 290 cm³/mol. The lowest BCUT2D eigenvalue weighted by atomic mass is 10.1. The van der Waals surface area contributed by atoms with Crippen LogP contribution in [-0.4, -0.2) is 87.4 Å².